The number of carbonyl (C=O) groups excluding carboxylic acids is 1. The summed E-state index contributed by atoms with van der Waals surface area (Å²) in [6.07, 6.45) is 1.13. The van der Waals surface area contributed by atoms with Gasteiger partial charge in [0.1, 0.15) is 0 Å². The lowest BCUT2D eigenvalue weighted by Gasteiger charge is -2.17. The summed E-state index contributed by atoms with van der Waals surface area (Å²) in [5.74, 6) is 0.0227. The summed E-state index contributed by atoms with van der Waals surface area (Å²) in [4.78, 5) is 13.1. The normalized spacial score (nSPS) is 25.9. The molecule has 1 fully saturated rings. The van der Waals surface area contributed by atoms with E-state index in [0.29, 0.717) is 6.54 Å². The molecule has 4 heteroatoms. The lowest BCUT2D eigenvalue weighted by molar-refractivity contribution is -0.131. The van der Waals surface area contributed by atoms with Crippen molar-refractivity contribution >= 4 is 5.91 Å². The molecule has 1 heterocycles. The number of likely N-dealkylation sites (tertiary alicyclic amines) is 1. The fraction of sp³-hybridized carbons (Fsp3) is 0.875. The van der Waals surface area contributed by atoms with Crippen LogP contribution < -0.4 is 5.73 Å². The molecule has 2 N–H and O–H groups in total. The number of amides is 1. The van der Waals surface area contributed by atoms with Crippen LogP contribution >= 0.6 is 0 Å². The zero-order valence-corrected chi connectivity index (χ0v) is 7.62. The molecule has 0 bridgehead atoms. The SMILES string of the molecule is CO[C@H]1CCN(C(=O)[C@@H](C)N)C1. The summed E-state index contributed by atoms with van der Waals surface area (Å²) in [5.41, 5.74) is 5.47. The fourth-order valence-corrected chi connectivity index (χ4v) is 1.41. The van der Waals surface area contributed by atoms with Gasteiger partial charge in [0.2, 0.25) is 5.91 Å². The molecule has 0 aromatic heterocycles. The number of methoxy groups -OCH3 is 1. The van der Waals surface area contributed by atoms with Crippen molar-refractivity contribution in [1.29, 1.82) is 0 Å². The van der Waals surface area contributed by atoms with Crippen molar-refractivity contribution in [2.45, 2.75) is 25.5 Å². The molecule has 0 saturated carbocycles. The molecule has 0 aromatic carbocycles. The second kappa shape index (κ2) is 3.87. The van der Waals surface area contributed by atoms with Crippen molar-refractivity contribution in [2.24, 2.45) is 5.73 Å². The number of nitrogens with zero attached hydrogens (tertiary/aromatic N) is 1. The molecule has 1 aliphatic heterocycles. The van der Waals surface area contributed by atoms with Crippen LogP contribution in [0, 0.1) is 0 Å². The Hall–Kier alpha value is -0.610. The van der Waals surface area contributed by atoms with Gasteiger partial charge in [-0.25, -0.2) is 0 Å². The van der Waals surface area contributed by atoms with E-state index in [-0.39, 0.29) is 18.1 Å². The molecule has 1 amide bonds. The minimum Gasteiger partial charge on any atom is -0.380 e. The van der Waals surface area contributed by atoms with Crippen LogP contribution in [0.4, 0.5) is 0 Å². The van der Waals surface area contributed by atoms with Crippen LogP contribution in [0.3, 0.4) is 0 Å². The monoisotopic (exact) mass is 172 g/mol. The van der Waals surface area contributed by atoms with Crippen LogP contribution in [0.25, 0.3) is 0 Å². The third-order valence-electron chi connectivity index (χ3n) is 2.18. The summed E-state index contributed by atoms with van der Waals surface area (Å²) in [5, 5.41) is 0. The standard InChI is InChI=1S/C8H16N2O2/c1-6(9)8(11)10-4-3-7(5-10)12-2/h6-7H,3-5,9H2,1-2H3/t6-,7+/m1/s1. The molecule has 2 atom stereocenters. The largest absolute Gasteiger partial charge is 0.380 e. The van der Waals surface area contributed by atoms with E-state index >= 15 is 0 Å². The van der Waals surface area contributed by atoms with Gasteiger partial charge in [-0.3, -0.25) is 4.79 Å². The number of rotatable bonds is 2. The van der Waals surface area contributed by atoms with Gasteiger partial charge in [-0.15, -0.1) is 0 Å². The molecule has 4 nitrogen and oxygen atoms in total. The van der Waals surface area contributed by atoms with Crippen molar-refractivity contribution in [2.75, 3.05) is 20.2 Å². The van der Waals surface area contributed by atoms with Crippen LogP contribution in [0.15, 0.2) is 0 Å². The summed E-state index contributed by atoms with van der Waals surface area (Å²) < 4.78 is 5.14. The minimum atomic E-state index is -0.388. The van der Waals surface area contributed by atoms with Gasteiger partial charge in [0.15, 0.2) is 0 Å². The first kappa shape index (κ1) is 9.48. The van der Waals surface area contributed by atoms with Crippen LogP contribution in [-0.4, -0.2) is 43.2 Å². The van der Waals surface area contributed by atoms with Crippen molar-refractivity contribution in [3.8, 4) is 0 Å². The van der Waals surface area contributed by atoms with E-state index in [4.69, 9.17) is 10.5 Å². The maximum Gasteiger partial charge on any atom is 0.239 e. The average Bonchev–Trinajstić information content (AvgIpc) is 2.50. The number of nitrogens with two attached hydrogens (primary N) is 1. The van der Waals surface area contributed by atoms with E-state index < -0.39 is 0 Å². The number of ether oxygens (including phenoxy) is 1. The molecule has 0 aromatic rings. The van der Waals surface area contributed by atoms with Gasteiger partial charge in [-0.1, -0.05) is 0 Å². The summed E-state index contributed by atoms with van der Waals surface area (Å²) >= 11 is 0. The van der Waals surface area contributed by atoms with Crippen LogP contribution in [0.5, 0.6) is 0 Å². The maximum atomic E-state index is 11.4. The van der Waals surface area contributed by atoms with Gasteiger partial charge in [0.25, 0.3) is 0 Å². The Kier molecular flexibility index (Phi) is 3.05. The predicted molar refractivity (Wildman–Crippen MR) is 45.6 cm³/mol. The van der Waals surface area contributed by atoms with E-state index in [2.05, 4.69) is 0 Å². The third kappa shape index (κ3) is 1.95. The van der Waals surface area contributed by atoms with Gasteiger partial charge < -0.3 is 15.4 Å². The van der Waals surface area contributed by atoms with Crippen molar-refractivity contribution in [1.82, 2.24) is 4.90 Å². The van der Waals surface area contributed by atoms with Crippen LogP contribution in [0.2, 0.25) is 0 Å². The van der Waals surface area contributed by atoms with Gasteiger partial charge in [0, 0.05) is 20.2 Å². The maximum absolute atomic E-state index is 11.4. The lowest BCUT2D eigenvalue weighted by atomic mass is 10.3. The summed E-state index contributed by atoms with van der Waals surface area (Å²) in [6, 6.07) is -0.388. The van der Waals surface area contributed by atoms with E-state index in [1.807, 2.05) is 0 Å². The highest BCUT2D eigenvalue weighted by Gasteiger charge is 2.27. The smallest absolute Gasteiger partial charge is 0.239 e. The zero-order chi connectivity index (χ0) is 9.14. The topological polar surface area (TPSA) is 55.6 Å². The molecule has 1 saturated heterocycles. The number of carbonyl (C=O) groups is 1. The van der Waals surface area contributed by atoms with Crippen LogP contribution in [-0.2, 0) is 9.53 Å². The molecule has 0 aliphatic carbocycles. The first-order chi connectivity index (χ1) is 5.65. The highest BCUT2D eigenvalue weighted by Crippen LogP contribution is 2.12. The highest BCUT2D eigenvalue weighted by molar-refractivity contribution is 5.81. The number of hydrogen-bond acceptors (Lipinski definition) is 3. The van der Waals surface area contributed by atoms with Gasteiger partial charge in [-0.05, 0) is 13.3 Å². The summed E-state index contributed by atoms with van der Waals surface area (Å²) in [7, 11) is 1.67. The summed E-state index contributed by atoms with van der Waals surface area (Å²) in [6.45, 7) is 3.18. The van der Waals surface area contributed by atoms with E-state index in [1.54, 1.807) is 18.9 Å². The molecule has 0 unspecified atom stereocenters. The molecular formula is C8H16N2O2. The van der Waals surface area contributed by atoms with E-state index in [1.165, 1.54) is 0 Å². The lowest BCUT2D eigenvalue weighted by Crippen LogP contribution is -2.41. The Bertz CT molecular complexity index is 170. The first-order valence-corrected chi connectivity index (χ1v) is 4.22. The van der Waals surface area contributed by atoms with Gasteiger partial charge >= 0.3 is 0 Å². The Morgan fingerprint density at radius 1 is 1.75 bits per heavy atom. The minimum absolute atomic E-state index is 0.0227. The van der Waals surface area contributed by atoms with Crippen molar-refractivity contribution in [3.05, 3.63) is 0 Å². The highest BCUT2D eigenvalue weighted by atomic mass is 16.5. The quantitative estimate of drug-likeness (QED) is 0.615. The second-order valence-electron chi connectivity index (χ2n) is 3.22. The van der Waals surface area contributed by atoms with Gasteiger partial charge in [0.05, 0.1) is 12.1 Å². The molecule has 1 rings (SSSR count). The third-order valence-corrected chi connectivity index (χ3v) is 2.18. The molecule has 0 radical (unpaired) electrons. The Morgan fingerprint density at radius 2 is 2.42 bits per heavy atom. The van der Waals surface area contributed by atoms with Crippen molar-refractivity contribution < 1.29 is 9.53 Å². The second-order valence-corrected chi connectivity index (χ2v) is 3.22. The molecule has 12 heavy (non-hydrogen) atoms. The van der Waals surface area contributed by atoms with Crippen LogP contribution in [0.1, 0.15) is 13.3 Å². The average molecular weight is 172 g/mol. The van der Waals surface area contributed by atoms with Crippen molar-refractivity contribution in [3.63, 3.8) is 0 Å². The number of hydrogen-bond donors (Lipinski definition) is 1. The first-order valence-electron chi connectivity index (χ1n) is 4.22. The van der Waals surface area contributed by atoms with E-state index in [9.17, 15) is 4.79 Å². The molecular weight excluding hydrogens is 156 g/mol. The van der Waals surface area contributed by atoms with Gasteiger partial charge in [-0.2, -0.15) is 0 Å². The van der Waals surface area contributed by atoms with E-state index in [0.717, 1.165) is 13.0 Å². The Labute approximate surface area is 72.7 Å². The Balaban J connectivity index is 2.41. The molecule has 0 spiro atoms. The molecule has 70 valence electrons. The predicted octanol–water partition coefficient (Wildman–Crippen LogP) is -0.419. The Morgan fingerprint density at radius 3 is 2.83 bits per heavy atom. The zero-order valence-electron chi connectivity index (χ0n) is 7.62. The molecule has 1 aliphatic rings. The fourth-order valence-electron chi connectivity index (χ4n) is 1.41.